The van der Waals surface area contributed by atoms with Crippen LogP contribution in [0.1, 0.15) is 30.9 Å². The van der Waals surface area contributed by atoms with Crippen molar-refractivity contribution in [2.45, 2.75) is 39.2 Å². The van der Waals surface area contributed by atoms with Crippen molar-refractivity contribution in [2.24, 2.45) is 5.92 Å². The van der Waals surface area contributed by atoms with Crippen LogP contribution in [0.2, 0.25) is 0 Å². The van der Waals surface area contributed by atoms with Gasteiger partial charge in [-0.05, 0) is 44.7 Å². The third-order valence-electron chi connectivity index (χ3n) is 3.50. The fourth-order valence-corrected chi connectivity index (χ4v) is 2.11. The highest BCUT2D eigenvalue weighted by Crippen LogP contribution is 2.43. The van der Waals surface area contributed by atoms with Crippen LogP contribution in [0.3, 0.4) is 0 Å². The maximum atomic E-state index is 11.4. The van der Waals surface area contributed by atoms with Crippen LogP contribution in [-0.2, 0) is 4.79 Å². The first-order valence-electron chi connectivity index (χ1n) is 5.94. The molecular formula is C14H18O3. The Morgan fingerprint density at radius 1 is 1.35 bits per heavy atom. The molecular weight excluding hydrogens is 216 g/mol. The molecule has 1 aliphatic rings. The smallest absolute Gasteiger partial charge is 0.348 e. The molecule has 0 bridgehead atoms. The number of ether oxygens (including phenoxy) is 1. The summed E-state index contributed by atoms with van der Waals surface area (Å²) in [4.78, 5) is 11.4. The van der Waals surface area contributed by atoms with Gasteiger partial charge in [-0.15, -0.1) is 0 Å². The predicted octanol–water partition coefficient (Wildman–Crippen LogP) is 2.94. The Morgan fingerprint density at radius 2 is 1.88 bits per heavy atom. The van der Waals surface area contributed by atoms with Crippen LogP contribution in [0.4, 0.5) is 0 Å². The lowest BCUT2D eigenvalue weighted by Gasteiger charge is -2.28. The monoisotopic (exact) mass is 234 g/mol. The fraction of sp³-hybridized carbons (Fsp3) is 0.500. The normalized spacial score (nSPS) is 18.5. The van der Waals surface area contributed by atoms with Gasteiger partial charge in [0.25, 0.3) is 0 Å². The van der Waals surface area contributed by atoms with Crippen LogP contribution < -0.4 is 4.74 Å². The average molecular weight is 234 g/mol. The highest BCUT2D eigenvalue weighted by molar-refractivity contribution is 5.78. The van der Waals surface area contributed by atoms with Gasteiger partial charge in [-0.25, -0.2) is 4.79 Å². The molecule has 0 saturated heterocycles. The van der Waals surface area contributed by atoms with Gasteiger partial charge in [0.2, 0.25) is 5.60 Å². The molecule has 0 spiro atoms. The number of rotatable bonds is 4. The summed E-state index contributed by atoms with van der Waals surface area (Å²) >= 11 is 0. The fourth-order valence-electron chi connectivity index (χ4n) is 2.11. The summed E-state index contributed by atoms with van der Waals surface area (Å²) < 4.78 is 5.85. The Bertz CT molecular complexity index is 429. The van der Waals surface area contributed by atoms with Crippen LogP contribution >= 0.6 is 0 Å². The molecule has 1 atom stereocenters. The van der Waals surface area contributed by atoms with Crippen LogP contribution in [0, 0.1) is 19.8 Å². The van der Waals surface area contributed by atoms with Gasteiger partial charge in [-0.1, -0.05) is 18.2 Å². The number of aryl methyl sites for hydroxylation is 2. The number of benzene rings is 1. The van der Waals surface area contributed by atoms with Crippen LogP contribution in [0.15, 0.2) is 18.2 Å². The Morgan fingerprint density at radius 3 is 2.29 bits per heavy atom. The van der Waals surface area contributed by atoms with Crippen molar-refractivity contribution in [3.05, 3.63) is 29.3 Å². The third kappa shape index (κ3) is 2.14. The van der Waals surface area contributed by atoms with Crippen LogP contribution in [-0.4, -0.2) is 16.7 Å². The van der Waals surface area contributed by atoms with Gasteiger partial charge in [0, 0.05) is 5.92 Å². The lowest BCUT2D eigenvalue weighted by molar-refractivity contribution is -0.155. The van der Waals surface area contributed by atoms with Crippen molar-refractivity contribution >= 4 is 5.97 Å². The van der Waals surface area contributed by atoms with Crippen LogP contribution in [0.5, 0.6) is 5.75 Å². The maximum Gasteiger partial charge on any atom is 0.348 e. The molecule has 3 nitrogen and oxygen atoms in total. The molecule has 0 aliphatic heterocycles. The van der Waals surface area contributed by atoms with Gasteiger partial charge < -0.3 is 9.84 Å². The molecule has 92 valence electrons. The number of aliphatic carboxylic acids is 1. The first kappa shape index (κ1) is 12.0. The molecule has 0 radical (unpaired) electrons. The van der Waals surface area contributed by atoms with Gasteiger partial charge in [-0.2, -0.15) is 0 Å². The number of carboxylic acid groups (broad SMARTS) is 1. The Labute approximate surface area is 101 Å². The minimum absolute atomic E-state index is 0.138. The Kier molecular flexibility index (Phi) is 2.86. The van der Waals surface area contributed by atoms with E-state index in [9.17, 15) is 9.90 Å². The van der Waals surface area contributed by atoms with E-state index in [1.54, 1.807) is 6.92 Å². The number of hydrogen-bond donors (Lipinski definition) is 1. The van der Waals surface area contributed by atoms with Crippen LogP contribution in [0.25, 0.3) is 0 Å². The molecule has 3 heteroatoms. The quantitative estimate of drug-likeness (QED) is 0.871. The lowest BCUT2D eigenvalue weighted by Crippen LogP contribution is -2.44. The minimum Gasteiger partial charge on any atom is -0.478 e. The standard InChI is InChI=1S/C14H18O3/c1-9-5-4-6-10(2)12(9)17-14(3,13(15)16)11-7-8-11/h4-6,11H,7-8H2,1-3H3,(H,15,16). The molecule has 0 heterocycles. The summed E-state index contributed by atoms with van der Waals surface area (Å²) in [6.07, 6.45) is 1.88. The van der Waals surface area contributed by atoms with E-state index in [1.807, 2.05) is 32.0 Å². The summed E-state index contributed by atoms with van der Waals surface area (Å²) in [5.74, 6) is -0.0223. The predicted molar refractivity (Wildman–Crippen MR) is 65.3 cm³/mol. The van der Waals surface area contributed by atoms with Crippen molar-refractivity contribution in [1.29, 1.82) is 0 Å². The summed E-state index contributed by atoms with van der Waals surface area (Å²) in [5, 5.41) is 9.36. The molecule has 1 unspecified atom stereocenters. The van der Waals surface area contributed by atoms with E-state index in [0.29, 0.717) is 5.75 Å². The average Bonchev–Trinajstić information content (AvgIpc) is 3.07. The zero-order valence-corrected chi connectivity index (χ0v) is 10.5. The highest BCUT2D eigenvalue weighted by Gasteiger charge is 2.50. The topological polar surface area (TPSA) is 46.5 Å². The van der Waals surface area contributed by atoms with Crippen molar-refractivity contribution in [3.8, 4) is 5.75 Å². The van der Waals surface area contributed by atoms with E-state index >= 15 is 0 Å². The van der Waals surface area contributed by atoms with E-state index in [1.165, 1.54) is 0 Å². The molecule has 0 amide bonds. The van der Waals surface area contributed by atoms with E-state index in [2.05, 4.69) is 0 Å². The number of carbonyl (C=O) groups is 1. The lowest BCUT2D eigenvalue weighted by atomic mass is 10.00. The minimum atomic E-state index is -1.09. The first-order chi connectivity index (χ1) is 7.95. The van der Waals surface area contributed by atoms with Gasteiger partial charge in [0.15, 0.2) is 0 Å². The second-order valence-electron chi connectivity index (χ2n) is 5.01. The Balaban J connectivity index is 2.33. The van der Waals surface area contributed by atoms with Crippen molar-refractivity contribution in [3.63, 3.8) is 0 Å². The molecule has 2 rings (SSSR count). The summed E-state index contributed by atoms with van der Waals surface area (Å²) in [5.41, 5.74) is 0.882. The summed E-state index contributed by atoms with van der Waals surface area (Å²) in [6.45, 7) is 5.56. The van der Waals surface area contributed by atoms with Gasteiger partial charge >= 0.3 is 5.97 Å². The molecule has 1 fully saturated rings. The Hall–Kier alpha value is -1.51. The zero-order valence-electron chi connectivity index (χ0n) is 10.5. The molecule has 1 N–H and O–H groups in total. The van der Waals surface area contributed by atoms with Crippen molar-refractivity contribution in [2.75, 3.05) is 0 Å². The number of para-hydroxylation sites is 1. The molecule has 1 aromatic rings. The largest absolute Gasteiger partial charge is 0.478 e. The second kappa shape index (κ2) is 4.06. The zero-order chi connectivity index (χ0) is 12.6. The molecule has 1 saturated carbocycles. The molecule has 17 heavy (non-hydrogen) atoms. The van der Waals surface area contributed by atoms with E-state index < -0.39 is 11.6 Å². The molecule has 0 aromatic heterocycles. The summed E-state index contributed by atoms with van der Waals surface area (Å²) in [7, 11) is 0. The second-order valence-corrected chi connectivity index (χ2v) is 5.01. The molecule has 1 aromatic carbocycles. The SMILES string of the molecule is Cc1cccc(C)c1OC(C)(C(=O)O)C1CC1. The first-order valence-corrected chi connectivity index (χ1v) is 5.94. The summed E-state index contributed by atoms with van der Waals surface area (Å²) in [6, 6.07) is 5.84. The van der Waals surface area contributed by atoms with Crippen molar-refractivity contribution in [1.82, 2.24) is 0 Å². The number of hydrogen-bond acceptors (Lipinski definition) is 2. The van der Waals surface area contributed by atoms with E-state index in [0.717, 1.165) is 24.0 Å². The maximum absolute atomic E-state index is 11.4. The van der Waals surface area contributed by atoms with Gasteiger partial charge in [-0.3, -0.25) is 0 Å². The van der Waals surface area contributed by atoms with Gasteiger partial charge in [0.1, 0.15) is 5.75 Å². The highest BCUT2D eigenvalue weighted by atomic mass is 16.5. The number of carboxylic acids is 1. The third-order valence-corrected chi connectivity index (χ3v) is 3.50. The van der Waals surface area contributed by atoms with E-state index in [4.69, 9.17) is 4.74 Å². The molecule has 1 aliphatic carbocycles. The van der Waals surface area contributed by atoms with E-state index in [-0.39, 0.29) is 5.92 Å². The van der Waals surface area contributed by atoms with Gasteiger partial charge in [0.05, 0.1) is 0 Å². The van der Waals surface area contributed by atoms with Crippen molar-refractivity contribution < 1.29 is 14.6 Å².